The maximum Gasteiger partial charge on any atom is 0.321 e. The Morgan fingerprint density at radius 3 is 2.73 bits per heavy atom. The van der Waals surface area contributed by atoms with Crippen LogP contribution in [0.25, 0.3) is 10.8 Å². The van der Waals surface area contributed by atoms with Gasteiger partial charge < -0.3 is 14.7 Å². The summed E-state index contributed by atoms with van der Waals surface area (Å²) < 4.78 is 6.15. The van der Waals surface area contributed by atoms with Crippen molar-refractivity contribution in [3.63, 3.8) is 0 Å². The Hall–Kier alpha value is -1.76. The van der Waals surface area contributed by atoms with E-state index < -0.39 is 12.0 Å². The van der Waals surface area contributed by atoms with Crippen LogP contribution in [0.5, 0.6) is 5.75 Å². The van der Waals surface area contributed by atoms with E-state index >= 15 is 0 Å². The molecule has 1 saturated heterocycles. The van der Waals surface area contributed by atoms with Gasteiger partial charge in [-0.05, 0) is 29.9 Å². The third-order valence-electron chi connectivity index (χ3n) is 4.83. The number of nitrogens with one attached hydrogen (secondary N) is 1. The standard InChI is InChI=1S/C20H26N2O3S/c1-3-22(4-2)11-12-25-17-10-9-14-7-5-6-8-15(14)18(17)19-21-16(13-26-19)20(23)24/h5-10,16,19,21H,3-4,11-13H2,1-2H3,(H,23,24). The van der Waals surface area contributed by atoms with E-state index in [1.165, 1.54) is 0 Å². The maximum atomic E-state index is 11.3. The fraction of sp³-hybridized carbons (Fsp3) is 0.450. The Morgan fingerprint density at radius 1 is 1.27 bits per heavy atom. The molecule has 26 heavy (non-hydrogen) atoms. The number of ether oxygens (including phenoxy) is 1. The van der Waals surface area contributed by atoms with Crippen LogP contribution < -0.4 is 10.1 Å². The largest absolute Gasteiger partial charge is 0.492 e. The zero-order chi connectivity index (χ0) is 18.5. The molecule has 0 radical (unpaired) electrons. The first-order valence-corrected chi connectivity index (χ1v) is 10.2. The number of hydrogen-bond donors (Lipinski definition) is 2. The monoisotopic (exact) mass is 374 g/mol. The van der Waals surface area contributed by atoms with Gasteiger partial charge in [-0.15, -0.1) is 11.8 Å². The molecule has 5 nitrogen and oxygen atoms in total. The van der Waals surface area contributed by atoms with E-state index in [4.69, 9.17) is 4.74 Å². The number of carboxylic acids is 1. The van der Waals surface area contributed by atoms with Crippen molar-refractivity contribution in [2.24, 2.45) is 0 Å². The Kier molecular flexibility index (Phi) is 6.40. The topological polar surface area (TPSA) is 61.8 Å². The molecule has 140 valence electrons. The second kappa shape index (κ2) is 8.75. The number of hydrogen-bond acceptors (Lipinski definition) is 5. The maximum absolute atomic E-state index is 11.3. The lowest BCUT2D eigenvalue weighted by Gasteiger charge is -2.21. The van der Waals surface area contributed by atoms with Crippen molar-refractivity contribution < 1.29 is 14.6 Å². The number of nitrogens with zero attached hydrogens (tertiary/aromatic N) is 1. The van der Waals surface area contributed by atoms with Crippen LogP contribution in [0.2, 0.25) is 0 Å². The Morgan fingerprint density at radius 2 is 2.04 bits per heavy atom. The molecule has 2 unspecified atom stereocenters. The van der Waals surface area contributed by atoms with Gasteiger partial charge in [0.25, 0.3) is 0 Å². The van der Waals surface area contributed by atoms with Crippen LogP contribution in [0.1, 0.15) is 24.8 Å². The lowest BCUT2D eigenvalue weighted by molar-refractivity contribution is -0.138. The Bertz CT molecular complexity index is 764. The molecular formula is C20H26N2O3S. The highest BCUT2D eigenvalue weighted by atomic mass is 32.2. The summed E-state index contributed by atoms with van der Waals surface area (Å²) >= 11 is 1.63. The molecule has 1 aliphatic heterocycles. The number of carbonyl (C=O) groups is 1. The van der Waals surface area contributed by atoms with Crippen LogP contribution in [0.3, 0.4) is 0 Å². The number of likely N-dealkylation sites (N-methyl/N-ethyl adjacent to an activating group) is 1. The molecule has 0 aliphatic carbocycles. The first-order valence-electron chi connectivity index (χ1n) is 9.11. The minimum atomic E-state index is -0.802. The number of rotatable bonds is 8. The number of thioether (sulfide) groups is 1. The van der Waals surface area contributed by atoms with Crippen LogP contribution in [-0.2, 0) is 4.79 Å². The minimum absolute atomic E-state index is 0.0781. The van der Waals surface area contributed by atoms with Gasteiger partial charge in [-0.1, -0.05) is 44.2 Å². The summed E-state index contributed by atoms with van der Waals surface area (Å²) in [6, 6.07) is 11.7. The van der Waals surface area contributed by atoms with E-state index in [2.05, 4.69) is 42.3 Å². The van der Waals surface area contributed by atoms with Crippen molar-refractivity contribution in [3.8, 4) is 5.75 Å². The molecule has 1 heterocycles. The van der Waals surface area contributed by atoms with Gasteiger partial charge in [0, 0.05) is 17.9 Å². The van der Waals surface area contributed by atoms with Crippen LogP contribution in [0.15, 0.2) is 36.4 Å². The van der Waals surface area contributed by atoms with Crippen molar-refractivity contribution in [1.82, 2.24) is 10.2 Å². The smallest absolute Gasteiger partial charge is 0.321 e. The van der Waals surface area contributed by atoms with E-state index in [-0.39, 0.29) is 5.37 Å². The molecule has 0 spiro atoms. The second-order valence-electron chi connectivity index (χ2n) is 6.34. The van der Waals surface area contributed by atoms with E-state index in [0.717, 1.165) is 41.7 Å². The molecule has 2 aromatic carbocycles. The van der Waals surface area contributed by atoms with Gasteiger partial charge in [0.1, 0.15) is 18.4 Å². The molecule has 1 fully saturated rings. The van der Waals surface area contributed by atoms with E-state index in [0.29, 0.717) is 12.4 Å². The molecule has 1 aliphatic rings. The first kappa shape index (κ1) is 19.0. The first-order chi connectivity index (χ1) is 12.6. The highest BCUT2D eigenvalue weighted by Gasteiger charge is 2.32. The van der Waals surface area contributed by atoms with Gasteiger partial charge in [-0.3, -0.25) is 10.1 Å². The average Bonchev–Trinajstić information content (AvgIpc) is 3.15. The van der Waals surface area contributed by atoms with E-state index in [9.17, 15) is 9.90 Å². The number of carboxylic acid groups (broad SMARTS) is 1. The fourth-order valence-electron chi connectivity index (χ4n) is 3.28. The molecule has 2 atom stereocenters. The lowest BCUT2D eigenvalue weighted by atomic mass is 10.0. The second-order valence-corrected chi connectivity index (χ2v) is 7.48. The highest BCUT2D eigenvalue weighted by Crippen LogP contribution is 2.41. The summed E-state index contributed by atoms with van der Waals surface area (Å²) in [4.78, 5) is 13.7. The number of benzene rings is 2. The zero-order valence-electron chi connectivity index (χ0n) is 15.3. The van der Waals surface area contributed by atoms with Crippen molar-refractivity contribution in [1.29, 1.82) is 0 Å². The third kappa shape index (κ3) is 4.14. The van der Waals surface area contributed by atoms with Crippen LogP contribution >= 0.6 is 11.8 Å². The fourth-order valence-corrected chi connectivity index (χ4v) is 4.57. The van der Waals surface area contributed by atoms with Gasteiger partial charge >= 0.3 is 5.97 Å². The molecule has 0 bridgehead atoms. The molecule has 0 aromatic heterocycles. The minimum Gasteiger partial charge on any atom is -0.492 e. The Labute approximate surface area is 158 Å². The predicted molar refractivity (Wildman–Crippen MR) is 107 cm³/mol. The quantitative estimate of drug-likeness (QED) is 0.739. The van der Waals surface area contributed by atoms with Crippen molar-refractivity contribution >= 4 is 28.5 Å². The summed E-state index contributed by atoms with van der Waals surface area (Å²) in [5, 5.41) is 14.7. The number of fused-ring (bicyclic) bond motifs is 1. The molecule has 3 rings (SSSR count). The molecule has 6 heteroatoms. The third-order valence-corrected chi connectivity index (χ3v) is 6.06. The van der Waals surface area contributed by atoms with Gasteiger partial charge in [-0.25, -0.2) is 0 Å². The van der Waals surface area contributed by atoms with Crippen molar-refractivity contribution in [2.75, 3.05) is 32.0 Å². The molecular weight excluding hydrogens is 348 g/mol. The Balaban J connectivity index is 1.87. The van der Waals surface area contributed by atoms with Gasteiger partial charge in [-0.2, -0.15) is 0 Å². The summed E-state index contributed by atoms with van der Waals surface area (Å²) in [7, 11) is 0. The highest BCUT2D eigenvalue weighted by molar-refractivity contribution is 7.99. The normalized spacial score (nSPS) is 20.0. The molecule has 0 amide bonds. The zero-order valence-corrected chi connectivity index (χ0v) is 16.1. The average molecular weight is 375 g/mol. The number of aliphatic carboxylic acids is 1. The van der Waals surface area contributed by atoms with Crippen LogP contribution in [0, 0.1) is 0 Å². The summed E-state index contributed by atoms with van der Waals surface area (Å²) in [6.07, 6.45) is 0. The predicted octanol–water partition coefficient (Wildman–Crippen LogP) is 3.35. The SMILES string of the molecule is CCN(CC)CCOc1ccc2ccccc2c1C1NC(C(=O)O)CS1. The lowest BCUT2D eigenvalue weighted by Crippen LogP contribution is -2.34. The van der Waals surface area contributed by atoms with Crippen LogP contribution in [-0.4, -0.2) is 54.0 Å². The van der Waals surface area contributed by atoms with E-state index in [1.807, 2.05) is 18.2 Å². The summed E-state index contributed by atoms with van der Waals surface area (Å²) in [5.41, 5.74) is 1.05. The van der Waals surface area contributed by atoms with Gasteiger partial charge in [0.05, 0.1) is 5.37 Å². The molecule has 2 N–H and O–H groups in total. The van der Waals surface area contributed by atoms with Gasteiger partial charge in [0.15, 0.2) is 0 Å². The van der Waals surface area contributed by atoms with Gasteiger partial charge in [0.2, 0.25) is 0 Å². The molecule has 2 aromatic rings. The molecule has 0 saturated carbocycles. The van der Waals surface area contributed by atoms with Crippen LogP contribution in [0.4, 0.5) is 0 Å². The summed E-state index contributed by atoms with van der Waals surface area (Å²) in [6.45, 7) is 7.80. The van der Waals surface area contributed by atoms with Crippen molar-refractivity contribution in [2.45, 2.75) is 25.3 Å². The van der Waals surface area contributed by atoms with Crippen molar-refractivity contribution in [3.05, 3.63) is 42.0 Å². The van der Waals surface area contributed by atoms with E-state index in [1.54, 1.807) is 11.8 Å². The summed E-state index contributed by atoms with van der Waals surface area (Å²) in [5.74, 6) is 0.596.